The first-order chi connectivity index (χ1) is 10.1. The summed E-state index contributed by atoms with van der Waals surface area (Å²) in [5.41, 5.74) is 3.03. The molecule has 0 fully saturated rings. The van der Waals surface area contributed by atoms with E-state index < -0.39 is 0 Å². The number of benzene rings is 2. The maximum absolute atomic E-state index is 11.5. The summed E-state index contributed by atoms with van der Waals surface area (Å²) in [7, 11) is 0. The largest absolute Gasteiger partial charge is 0.507 e. The Balaban J connectivity index is 2.01. The maximum atomic E-state index is 11.5. The Kier molecular flexibility index (Phi) is 3.54. The van der Waals surface area contributed by atoms with Crippen LogP contribution in [0.25, 0.3) is 21.8 Å². The molecule has 0 aliphatic heterocycles. The first-order valence-electron chi connectivity index (χ1n) is 6.50. The Morgan fingerprint density at radius 3 is 2.57 bits per heavy atom. The average Bonchev–Trinajstić information content (AvgIpc) is 2.98. The van der Waals surface area contributed by atoms with E-state index in [-0.39, 0.29) is 11.5 Å². The molecule has 3 rings (SSSR count). The van der Waals surface area contributed by atoms with Crippen LogP contribution >= 0.6 is 11.3 Å². The van der Waals surface area contributed by atoms with Crippen molar-refractivity contribution in [3.8, 4) is 27.6 Å². The minimum atomic E-state index is -0.159. The summed E-state index contributed by atoms with van der Waals surface area (Å²) in [6.07, 6.45) is 0. The van der Waals surface area contributed by atoms with Crippen LogP contribution in [-0.2, 0) is 0 Å². The normalized spacial score (nSPS) is 10.5. The zero-order valence-electron chi connectivity index (χ0n) is 11.4. The van der Waals surface area contributed by atoms with Crippen molar-refractivity contribution in [3.63, 3.8) is 0 Å². The Morgan fingerprint density at radius 2 is 1.86 bits per heavy atom. The molecule has 0 radical (unpaired) electrons. The second kappa shape index (κ2) is 5.50. The van der Waals surface area contributed by atoms with Gasteiger partial charge in [-0.2, -0.15) is 0 Å². The molecule has 3 nitrogen and oxygen atoms in total. The van der Waals surface area contributed by atoms with Gasteiger partial charge < -0.3 is 5.11 Å². The highest BCUT2D eigenvalue weighted by Crippen LogP contribution is 2.31. The van der Waals surface area contributed by atoms with Gasteiger partial charge in [0.2, 0.25) is 0 Å². The number of Topliss-reactive ketones (excluding diaryl/α,β-unsaturated/α-hetero) is 1. The predicted molar refractivity (Wildman–Crippen MR) is 84.7 cm³/mol. The maximum Gasteiger partial charge on any atom is 0.163 e. The summed E-state index contributed by atoms with van der Waals surface area (Å²) in [5.74, 6) is -0.155. The smallest absolute Gasteiger partial charge is 0.163 e. The number of nitrogens with zero attached hydrogens (tertiary/aromatic N) is 1. The number of rotatable bonds is 3. The minimum absolute atomic E-state index is 0.00441. The monoisotopic (exact) mass is 295 g/mol. The lowest BCUT2D eigenvalue weighted by atomic mass is 10.1. The Labute approximate surface area is 126 Å². The molecule has 0 saturated heterocycles. The molecule has 1 heterocycles. The molecule has 1 aromatic heterocycles. The molecule has 0 amide bonds. The third kappa shape index (κ3) is 2.71. The third-order valence-electron chi connectivity index (χ3n) is 3.20. The van der Waals surface area contributed by atoms with Gasteiger partial charge in [-0.15, -0.1) is 11.3 Å². The van der Waals surface area contributed by atoms with Crippen LogP contribution in [0.4, 0.5) is 0 Å². The molecule has 3 aromatic rings. The molecule has 0 atom stereocenters. The van der Waals surface area contributed by atoms with E-state index in [1.54, 1.807) is 23.5 Å². The summed E-state index contributed by atoms with van der Waals surface area (Å²) in [6.45, 7) is 1.44. The topological polar surface area (TPSA) is 50.2 Å². The molecule has 1 N–H and O–H groups in total. The first kappa shape index (κ1) is 13.5. The standard InChI is InChI=1S/C17H13NO2S/c1-11(19)14-9-13(7-8-16(14)20)15-10-21-17(18-15)12-5-3-2-4-6-12/h2-10,20H,1H3. The van der Waals surface area contributed by atoms with Crippen molar-refractivity contribution in [1.82, 2.24) is 4.98 Å². The molecule has 0 saturated carbocycles. The third-order valence-corrected chi connectivity index (χ3v) is 4.09. The lowest BCUT2D eigenvalue weighted by molar-refractivity contribution is 0.101. The first-order valence-corrected chi connectivity index (χ1v) is 7.38. The van der Waals surface area contributed by atoms with E-state index in [0.29, 0.717) is 5.56 Å². The summed E-state index contributed by atoms with van der Waals surface area (Å²) < 4.78 is 0. The number of aromatic hydroxyl groups is 1. The van der Waals surface area contributed by atoms with Gasteiger partial charge in [-0.3, -0.25) is 4.79 Å². The van der Waals surface area contributed by atoms with Crippen LogP contribution in [0.15, 0.2) is 53.9 Å². The van der Waals surface area contributed by atoms with Gasteiger partial charge in [-0.1, -0.05) is 30.3 Å². The van der Waals surface area contributed by atoms with Crippen LogP contribution in [0.5, 0.6) is 5.75 Å². The van der Waals surface area contributed by atoms with E-state index in [9.17, 15) is 9.90 Å². The lowest BCUT2D eigenvalue weighted by Gasteiger charge is -2.03. The van der Waals surface area contributed by atoms with Gasteiger partial charge in [0.25, 0.3) is 0 Å². The van der Waals surface area contributed by atoms with Crippen molar-refractivity contribution in [2.75, 3.05) is 0 Å². The molecule has 0 unspecified atom stereocenters. The fraction of sp³-hybridized carbons (Fsp3) is 0.0588. The fourth-order valence-electron chi connectivity index (χ4n) is 2.10. The molecule has 0 aliphatic carbocycles. The number of carbonyl (C=O) groups excluding carboxylic acids is 1. The van der Waals surface area contributed by atoms with Crippen molar-refractivity contribution in [3.05, 3.63) is 59.5 Å². The predicted octanol–water partition coefficient (Wildman–Crippen LogP) is 4.39. The number of hydrogen-bond acceptors (Lipinski definition) is 4. The van der Waals surface area contributed by atoms with Crippen molar-refractivity contribution in [2.24, 2.45) is 0 Å². The lowest BCUT2D eigenvalue weighted by Crippen LogP contribution is -1.93. The van der Waals surface area contributed by atoms with Gasteiger partial charge in [-0.05, 0) is 25.1 Å². The molecule has 0 bridgehead atoms. The van der Waals surface area contributed by atoms with E-state index in [1.165, 1.54) is 13.0 Å². The van der Waals surface area contributed by atoms with Crippen LogP contribution in [0.1, 0.15) is 17.3 Å². The average molecular weight is 295 g/mol. The summed E-state index contributed by atoms with van der Waals surface area (Å²) in [5, 5.41) is 12.6. The van der Waals surface area contributed by atoms with Crippen LogP contribution in [-0.4, -0.2) is 15.9 Å². The summed E-state index contributed by atoms with van der Waals surface area (Å²) >= 11 is 1.56. The van der Waals surface area contributed by atoms with E-state index >= 15 is 0 Å². The van der Waals surface area contributed by atoms with Gasteiger partial charge in [0.15, 0.2) is 5.78 Å². The minimum Gasteiger partial charge on any atom is -0.507 e. The van der Waals surface area contributed by atoms with Gasteiger partial charge in [0.1, 0.15) is 10.8 Å². The van der Waals surface area contributed by atoms with E-state index in [0.717, 1.165) is 21.8 Å². The van der Waals surface area contributed by atoms with Crippen LogP contribution in [0.3, 0.4) is 0 Å². The number of ketones is 1. The molecule has 0 spiro atoms. The molecule has 21 heavy (non-hydrogen) atoms. The van der Waals surface area contributed by atoms with Crippen LogP contribution in [0.2, 0.25) is 0 Å². The number of phenolic OH excluding ortho intramolecular Hbond substituents is 1. The van der Waals surface area contributed by atoms with Gasteiger partial charge >= 0.3 is 0 Å². The molecule has 4 heteroatoms. The molecule has 0 aliphatic rings. The second-order valence-corrected chi connectivity index (χ2v) is 5.55. The molecule has 104 valence electrons. The highest BCUT2D eigenvalue weighted by molar-refractivity contribution is 7.13. The van der Waals surface area contributed by atoms with Crippen LogP contribution in [0, 0.1) is 0 Å². The molecule has 2 aromatic carbocycles. The van der Waals surface area contributed by atoms with Crippen LogP contribution < -0.4 is 0 Å². The zero-order chi connectivity index (χ0) is 14.8. The van der Waals surface area contributed by atoms with E-state index in [1.807, 2.05) is 35.7 Å². The SMILES string of the molecule is CC(=O)c1cc(-c2csc(-c3ccccc3)n2)ccc1O. The molecular weight excluding hydrogens is 282 g/mol. The second-order valence-electron chi connectivity index (χ2n) is 4.69. The van der Waals surface area contributed by atoms with Crippen molar-refractivity contribution in [1.29, 1.82) is 0 Å². The number of hydrogen-bond donors (Lipinski definition) is 1. The number of carbonyl (C=O) groups is 1. The summed E-state index contributed by atoms with van der Waals surface area (Å²) in [4.78, 5) is 16.1. The van der Waals surface area contributed by atoms with E-state index in [2.05, 4.69) is 4.98 Å². The van der Waals surface area contributed by atoms with Gasteiger partial charge in [0.05, 0.1) is 11.3 Å². The fourth-order valence-corrected chi connectivity index (χ4v) is 2.93. The van der Waals surface area contributed by atoms with Crippen molar-refractivity contribution < 1.29 is 9.90 Å². The number of aromatic nitrogens is 1. The highest BCUT2D eigenvalue weighted by atomic mass is 32.1. The van der Waals surface area contributed by atoms with Crippen molar-refractivity contribution in [2.45, 2.75) is 6.92 Å². The van der Waals surface area contributed by atoms with Gasteiger partial charge in [0, 0.05) is 16.5 Å². The Morgan fingerprint density at radius 1 is 1.10 bits per heavy atom. The zero-order valence-corrected chi connectivity index (χ0v) is 12.2. The van der Waals surface area contributed by atoms with Crippen molar-refractivity contribution >= 4 is 17.1 Å². The Bertz CT molecular complexity index is 794. The summed E-state index contributed by atoms with van der Waals surface area (Å²) in [6, 6.07) is 14.9. The Hall–Kier alpha value is -2.46. The molecular formula is C17H13NO2S. The number of phenols is 1. The quantitative estimate of drug-likeness (QED) is 0.729. The number of thiazole rings is 1. The van der Waals surface area contributed by atoms with E-state index in [4.69, 9.17) is 0 Å². The van der Waals surface area contributed by atoms with Gasteiger partial charge in [-0.25, -0.2) is 4.98 Å². The highest BCUT2D eigenvalue weighted by Gasteiger charge is 2.11.